The second-order valence-electron chi connectivity index (χ2n) is 6.98. The van der Waals surface area contributed by atoms with Crippen molar-refractivity contribution in [2.75, 3.05) is 5.01 Å². The van der Waals surface area contributed by atoms with Gasteiger partial charge in [0, 0.05) is 12.4 Å². The first kappa shape index (κ1) is 19.2. The molecule has 146 valence electrons. The molecule has 2 aliphatic rings. The van der Waals surface area contributed by atoms with Crippen LogP contribution < -0.4 is 21.3 Å². The van der Waals surface area contributed by atoms with Crippen molar-refractivity contribution >= 4 is 28.3 Å². The highest BCUT2D eigenvalue weighted by molar-refractivity contribution is 6.30. The molecule has 3 heterocycles. The molecule has 28 heavy (non-hydrogen) atoms. The van der Waals surface area contributed by atoms with Gasteiger partial charge in [-0.15, -0.1) is 0 Å². The number of rotatable bonds is 1. The van der Waals surface area contributed by atoms with Crippen LogP contribution >= 0.6 is 0 Å². The molecule has 2 aliphatic heterocycles. The number of aromatic nitrogens is 2. The number of imidazole rings is 1. The lowest BCUT2D eigenvalue weighted by molar-refractivity contribution is -0.114. The van der Waals surface area contributed by atoms with Crippen LogP contribution in [-0.4, -0.2) is 21.6 Å². The Bertz CT molecular complexity index is 1100. The summed E-state index contributed by atoms with van der Waals surface area (Å²) in [6.45, 7) is 9.72. The van der Waals surface area contributed by atoms with E-state index in [4.69, 9.17) is 0 Å². The van der Waals surface area contributed by atoms with Crippen molar-refractivity contribution in [1.29, 1.82) is 0 Å². The monoisotopic (exact) mass is 380 g/mol. The van der Waals surface area contributed by atoms with Crippen molar-refractivity contribution in [2.45, 2.75) is 34.6 Å². The van der Waals surface area contributed by atoms with E-state index in [0.717, 1.165) is 11.4 Å². The standard InChI is InChI=1S/C14H14N4O2.C6H10N2/c1-7(2)12-8(3)17-18(13(12)19)9-4-5-10-11(6-9)16-14(20)15-10;1-5(2)6-7-3-4-8-6/h4-6H,1-3H3,(H2,15,16,20);3-4,7-8H,1-2H3. The Morgan fingerprint density at radius 3 is 2.11 bits per heavy atom. The summed E-state index contributed by atoms with van der Waals surface area (Å²) in [5.41, 5.74) is 5.28. The van der Waals surface area contributed by atoms with Gasteiger partial charge in [0.15, 0.2) is 0 Å². The van der Waals surface area contributed by atoms with Gasteiger partial charge in [-0.1, -0.05) is 5.57 Å². The number of amides is 1. The number of allylic oxidation sites excluding steroid dienone is 2. The van der Waals surface area contributed by atoms with Gasteiger partial charge < -0.3 is 20.6 Å². The highest BCUT2D eigenvalue weighted by atomic mass is 16.2. The number of nitrogens with zero attached hydrogens (tertiary/aromatic N) is 2. The van der Waals surface area contributed by atoms with Crippen LogP contribution in [0, 0.1) is 0 Å². The molecule has 2 aromatic rings. The third-order valence-electron chi connectivity index (χ3n) is 4.30. The van der Waals surface area contributed by atoms with E-state index >= 15 is 0 Å². The van der Waals surface area contributed by atoms with Gasteiger partial charge in [-0.2, -0.15) is 10.1 Å². The lowest BCUT2D eigenvalue weighted by Crippen LogP contribution is -2.21. The molecule has 0 saturated heterocycles. The molecule has 0 unspecified atom stereocenters. The average molecular weight is 380 g/mol. The zero-order valence-electron chi connectivity index (χ0n) is 16.6. The fourth-order valence-electron chi connectivity index (χ4n) is 2.99. The molecule has 4 N–H and O–H groups in total. The quantitative estimate of drug-likeness (QED) is 0.571. The van der Waals surface area contributed by atoms with Crippen LogP contribution in [0.1, 0.15) is 34.6 Å². The van der Waals surface area contributed by atoms with Crippen LogP contribution in [0.5, 0.6) is 0 Å². The van der Waals surface area contributed by atoms with Gasteiger partial charge in [0.2, 0.25) is 0 Å². The van der Waals surface area contributed by atoms with Gasteiger partial charge in [0.05, 0.1) is 28.0 Å². The van der Waals surface area contributed by atoms with Crippen molar-refractivity contribution in [1.82, 2.24) is 20.6 Å². The summed E-state index contributed by atoms with van der Waals surface area (Å²) in [6, 6.07) is 5.24. The van der Waals surface area contributed by atoms with E-state index in [1.165, 1.54) is 10.6 Å². The Kier molecular flexibility index (Phi) is 5.21. The number of carbonyl (C=O) groups excluding carboxylic acids is 1. The van der Waals surface area contributed by atoms with Crippen LogP contribution in [-0.2, 0) is 4.79 Å². The zero-order chi connectivity index (χ0) is 20.4. The minimum atomic E-state index is -0.269. The number of nitrogens with one attached hydrogen (secondary N) is 4. The molecule has 0 fully saturated rings. The molecular weight excluding hydrogens is 356 g/mol. The van der Waals surface area contributed by atoms with Gasteiger partial charge in [-0.05, 0) is 58.4 Å². The van der Waals surface area contributed by atoms with Crippen molar-refractivity contribution in [3.8, 4) is 0 Å². The average Bonchev–Trinajstić information content (AvgIpc) is 3.33. The van der Waals surface area contributed by atoms with Crippen LogP contribution in [0.2, 0.25) is 0 Å². The first-order valence-electron chi connectivity index (χ1n) is 8.93. The van der Waals surface area contributed by atoms with E-state index in [-0.39, 0.29) is 11.6 Å². The van der Waals surface area contributed by atoms with Gasteiger partial charge >= 0.3 is 5.69 Å². The molecule has 4 rings (SSSR count). The Balaban J connectivity index is 0.000000236. The van der Waals surface area contributed by atoms with E-state index in [1.54, 1.807) is 18.2 Å². The molecule has 0 bridgehead atoms. The topological polar surface area (TPSA) is 105 Å². The first-order valence-corrected chi connectivity index (χ1v) is 8.93. The lowest BCUT2D eigenvalue weighted by atomic mass is 10.1. The molecule has 0 atom stereocenters. The summed E-state index contributed by atoms with van der Waals surface area (Å²) in [5.74, 6) is 0.963. The summed E-state index contributed by atoms with van der Waals surface area (Å²) in [5, 5.41) is 11.7. The summed E-state index contributed by atoms with van der Waals surface area (Å²) in [4.78, 5) is 29.0. The number of hydrazone groups is 1. The van der Waals surface area contributed by atoms with Crippen LogP contribution in [0.4, 0.5) is 5.69 Å². The zero-order valence-corrected chi connectivity index (χ0v) is 16.6. The lowest BCUT2D eigenvalue weighted by Gasteiger charge is -2.11. The molecule has 0 saturated carbocycles. The van der Waals surface area contributed by atoms with E-state index in [2.05, 4.69) is 39.6 Å². The maximum Gasteiger partial charge on any atom is 0.323 e. The number of hydrogen-bond donors (Lipinski definition) is 4. The van der Waals surface area contributed by atoms with Crippen LogP contribution in [0.25, 0.3) is 11.0 Å². The number of carbonyl (C=O) groups is 1. The molecular formula is C20H24N6O2. The Labute approximate surface area is 162 Å². The van der Waals surface area contributed by atoms with Crippen molar-refractivity contribution in [3.05, 3.63) is 63.6 Å². The Morgan fingerprint density at radius 1 is 0.929 bits per heavy atom. The maximum absolute atomic E-state index is 12.4. The number of aromatic amines is 2. The second kappa shape index (κ2) is 7.59. The van der Waals surface area contributed by atoms with Gasteiger partial charge in [-0.3, -0.25) is 4.79 Å². The van der Waals surface area contributed by atoms with Crippen molar-refractivity contribution in [3.63, 3.8) is 0 Å². The normalized spacial score (nSPS) is 15.2. The van der Waals surface area contributed by atoms with E-state index in [0.29, 0.717) is 28.0 Å². The van der Waals surface area contributed by atoms with E-state index in [1.807, 2.05) is 33.2 Å². The number of fused-ring (bicyclic) bond motifs is 1. The molecule has 1 aromatic heterocycles. The van der Waals surface area contributed by atoms with Gasteiger partial charge in [-0.25, -0.2) is 4.79 Å². The summed E-state index contributed by atoms with van der Waals surface area (Å²) >= 11 is 0. The van der Waals surface area contributed by atoms with Crippen molar-refractivity contribution < 1.29 is 4.79 Å². The van der Waals surface area contributed by atoms with Crippen LogP contribution in [0.3, 0.4) is 0 Å². The van der Waals surface area contributed by atoms with E-state index < -0.39 is 0 Å². The fourth-order valence-corrected chi connectivity index (χ4v) is 2.99. The summed E-state index contributed by atoms with van der Waals surface area (Å²) < 4.78 is 0. The van der Waals surface area contributed by atoms with Crippen LogP contribution in [0.15, 0.2) is 63.0 Å². The third kappa shape index (κ3) is 3.75. The molecule has 0 radical (unpaired) electrons. The molecule has 8 nitrogen and oxygen atoms in total. The summed E-state index contributed by atoms with van der Waals surface area (Å²) in [6.07, 6.45) is 3.75. The van der Waals surface area contributed by atoms with Gasteiger partial charge in [0.1, 0.15) is 5.82 Å². The minimum Gasteiger partial charge on any atom is -0.347 e. The largest absolute Gasteiger partial charge is 0.347 e. The Morgan fingerprint density at radius 2 is 1.57 bits per heavy atom. The second-order valence-corrected chi connectivity index (χ2v) is 6.98. The number of anilines is 1. The third-order valence-corrected chi connectivity index (χ3v) is 4.30. The molecule has 0 spiro atoms. The number of benzene rings is 1. The predicted molar refractivity (Wildman–Crippen MR) is 112 cm³/mol. The number of H-pyrrole nitrogens is 2. The molecule has 8 heteroatoms. The fraction of sp³-hybridized carbons (Fsp3) is 0.250. The number of hydrogen-bond acceptors (Lipinski definition) is 5. The SMILES string of the molecule is CC(C)=C1NC=CN1.CC1=NN(c2ccc3[nH]c(=O)[nH]c3c2)C(=O)C1=C(C)C. The smallest absolute Gasteiger partial charge is 0.323 e. The predicted octanol–water partition coefficient (Wildman–Crippen LogP) is 2.82. The highest BCUT2D eigenvalue weighted by Gasteiger charge is 2.29. The first-order chi connectivity index (χ1) is 13.3. The Hall–Kier alpha value is -3.55. The highest BCUT2D eigenvalue weighted by Crippen LogP contribution is 2.26. The molecule has 0 aliphatic carbocycles. The minimum absolute atomic E-state index is 0.139. The molecule has 1 aromatic carbocycles. The van der Waals surface area contributed by atoms with Crippen molar-refractivity contribution in [2.24, 2.45) is 5.10 Å². The van der Waals surface area contributed by atoms with Gasteiger partial charge in [0.25, 0.3) is 5.91 Å². The summed E-state index contributed by atoms with van der Waals surface area (Å²) in [7, 11) is 0. The maximum atomic E-state index is 12.4. The van der Waals surface area contributed by atoms with E-state index in [9.17, 15) is 9.59 Å². The molecule has 1 amide bonds.